The topological polar surface area (TPSA) is 63.7 Å². The molecule has 0 radical (unpaired) electrons. The zero-order valence-electron chi connectivity index (χ0n) is 15.9. The van der Waals surface area contributed by atoms with Crippen molar-refractivity contribution in [1.29, 1.82) is 0 Å². The Labute approximate surface area is 174 Å². The lowest BCUT2D eigenvalue weighted by molar-refractivity contribution is -0.138. The normalized spacial score (nSPS) is 20.1. The molecule has 1 heterocycles. The van der Waals surface area contributed by atoms with E-state index >= 15 is 0 Å². The number of ether oxygens (including phenoxy) is 1. The Balaban J connectivity index is 2.11. The second-order valence-electron chi connectivity index (χ2n) is 6.69. The number of aryl methyl sites for hydroxylation is 1. The van der Waals surface area contributed by atoms with Crippen LogP contribution in [0.3, 0.4) is 0 Å². The summed E-state index contributed by atoms with van der Waals surface area (Å²) in [5.41, 5.74) is 2.03. The van der Waals surface area contributed by atoms with Crippen LogP contribution in [0.25, 0.3) is 0 Å². The van der Waals surface area contributed by atoms with Crippen LogP contribution >= 0.6 is 15.9 Å². The zero-order valence-corrected chi connectivity index (χ0v) is 18.3. The predicted molar refractivity (Wildman–Crippen MR) is 111 cm³/mol. The van der Waals surface area contributed by atoms with Crippen LogP contribution < -0.4 is 0 Å². The van der Waals surface area contributed by atoms with Crippen molar-refractivity contribution in [1.82, 2.24) is 4.31 Å². The molecule has 3 rings (SSSR count). The first-order valence-corrected chi connectivity index (χ1v) is 11.2. The van der Waals surface area contributed by atoms with Crippen LogP contribution in [0.15, 0.2) is 69.5 Å². The summed E-state index contributed by atoms with van der Waals surface area (Å²) in [5.74, 6) is -0.496. The standard InChI is InChI=1S/C21H22BrNO4S/c1-4-27-21(24)19-13-15(3)23(20(19)16-7-9-17(22)10-8-16)28(25,26)18-11-5-14(2)6-12-18/h5-13,15,20H,4H2,1-3H3/t15-,20+/m1/s1. The third kappa shape index (κ3) is 3.92. The van der Waals surface area contributed by atoms with Gasteiger partial charge in [0.1, 0.15) is 0 Å². The highest BCUT2D eigenvalue weighted by Crippen LogP contribution is 2.41. The quantitative estimate of drug-likeness (QED) is 0.617. The average Bonchev–Trinajstić information content (AvgIpc) is 3.01. The molecule has 0 aliphatic carbocycles. The minimum atomic E-state index is -3.83. The lowest BCUT2D eigenvalue weighted by atomic mass is 10.0. The smallest absolute Gasteiger partial charge is 0.335 e. The molecule has 28 heavy (non-hydrogen) atoms. The maximum atomic E-state index is 13.5. The molecule has 0 aromatic heterocycles. The van der Waals surface area contributed by atoms with Crippen LogP contribution in [-0.2, 0) is 19.6 Å². The molecule has 0 bridgehead atoms. The van der Waals surface area contributed by atoms with Gasteiger partial charge >= 0.3 is 5.97 Å². The van der Waals surface area contributed by atoms with Crippen molar-refractivity contribution in [3.05, 3.63) is 75.8 Å². The molecule has 2 aromatic rings. The predicted octanol–water partition coefficient (Wildman–Crippen LogP) is 4.38. The molecular weight excluding hydrogens is 442 g/mol. The van der Waals surface area contributed by atoms with E-state index in [1.165, 1.54) is 4.31 Å². The number of hydrogen-bond acceptors (Lipinski definition) is 4. The number of carbonyl (C=O) groups excluding carboxylic acids is 1. The van der Waals surface area contributed by atoms with E-state index in [0.717, 1.165) is 10.0 Å². The highest BCUT2D eigenvalue weighted by molar-refractivity contribution is 9.10. The summed E-state index contributed by atoms with van der Waals surface area (Å²) in [4.78, 5) is 12.8. The Morgan fingerprint density at radius 3 is 2.29 bits per heavy atom. The average molecular weight is 464 g/mol. The first-order valence-electron chi connectivity index (χ1n) is 9.00. The van der Waals surface area contributed by atoms with Crippen LogP contribution in [-0.4, -0.2) is 31.3 Å². The second kappa shape index (κ2) is 8.19. The Morgan fingerprint density at radius 2 is 1.71 bits per heavy atom. The second-order valence-corrected chi connectivity index (χ2v) is 9.44. The van der Waals surface area contributed by atoms with Crippen molar-refractivity contribution in [2.45, 2.75) is 37.8 Å². The summed E-state index contributed by atoms with van der Waals surface area (Å²) in [6.07, 6.45) is 1.68. The largest absolute Gasteiger partial charge is 0.463 e. The highest BCUT2D eigenvalue weighted by Gasteiger charge is 2.44. The molecule has 0 unspecified atom stereocenters. The Bertz CT molecular complexity index is 998. The molecule has 1 aliphatic heterocycles. The van der Waals surface area contributed by atoms with Gasteiger partial charge in [-0.05, 0) is 50.6 Å². The van der Waals surface area contributed by atoms with Gasteiger partial charge < -0.3 is 4.74 Å². The minimum Gasteiger partial charge on any atom is -0.463 e. The summed E-state index contributed by atoms with van der Waals surface area (Å²) >= 11 is 3.39. The van der Waals surface area contributed by atoms with Crippen LogP contribution in [0, 0.1) is 6.92 Å². The van der Waals surface area contributed by atoms with Crippen molar-refractivity contribution >= 4 is 31.9 Å². The number of nitrogens with zero attached hydrogens (tertiary/aromatic N) is 1. The number of esters is 1. The molecule has 7 heteroatoms. The third-order valence-electron chi connectivity index (χ3n) is 4.66. The summed E-state index contributed by atoms with van der Waals surface area (Å²) < 4.78 is 34.4. The fourth-order valence-corrected chi connectivity index (χ4v) is 5.35. The van der Waals surface area contributed by atoms with E-state index in [-0.39, 0.29) is 11.5 Å². The van der Waals surface area contributed by atoms with Gasteiger partial charge in [0.25, 0.3) is 0 Å². The molecule has 0 saturated carbocycles. The molecule has 5 nitrogen and oxygen atoms in total. The van der Waals surface area contributed by atoms with Gasteiger partial charge in [-0.25, -0.2) is 13.2 Å². The molecule has 2 aromatic carbocycles. The van der Waals surface area contributed by atoms with Gasteiger partial charge in [-0.3, -0.25) is 0 Å². The third-order valence-corrected chi connectivity index (χ3v) is 7.16. The van der Waals surface area contributed by atoms with E-state index in [4.69, 9.17) is 4.74 Å². The van der Waals surface area contributed by atoms with E-state index in [2.05, 4.69) is 15.9 Å². The SMILES string of the molecule is CCOC(=O)C1=C[C@@H](C)N(S(=O)(=O)c2ccc(C)cc2)[C@H]1c1ccc(Br)cc1. The zero-order chi connectivity index (χ0) is 20.5. The fraction of sp³-hybridized carbons (Fsp3) is 0.286. The van der Waals surface area contributed by atoms with E-state index in [1.807, 2.05) is 31.2 Å². The van der Waals surface area contributed by atoms with E-state index in [0.29, 0.717) is 11.1 Å². The van der Waals surface area contributed by atoms with Crippen LogP contribution in [0.2, 0.25) is 0 Å². The van der Waals surface area contributed by atoms with Crippen LogP contribution in [0.4, 0.5) is 0 Å². The van der Waals surface area contributed by atoms with Gasteiger partial charge in [0.15, 0.2) is 0 Å². The van der Waals surface area contributed by atoms with Crippen molar-refractivity contribution in [2.24, 2.45) is 0 Å². The molecule has 1 aliphatic rings. The van der Waals surface area contributed by atoms with Gasteiger partial charge in [-0.2, -0.15) is 4.31 Å². The molecule has 0 saturated heterocycles. The Hall–Kier alpha value is -1.96. The monoisotopic (exact) mass is 463 g/mol. The molecule has 0 N–H and O–H groups in total. The van der Waals surface area contributed by atoms with Gasteiger partial charge in [-0.1, -0.05) is 51.8 Å². The van der Waals surface area contributed by atoms with Gasteiger partial charge in [0.05, 0.1) is 23.1 Å². The first-order chi connectivity index (χ1) is 13.3. The summed E-state index contributed by atoms with van der Waals surface area (Å²) in [5, 5.41) is 0. The lowest BCUT2D eigenvalue weighted by Gasteiger charge is -2.29. The van der Waals surface area contributed by atoms with Crippen molar-refractivity contribution < 1.29 is 17.9 Å². The summed E-state index contributed by atoms with van der Waals surface area (Å²) in [6.45, 7) is 5.62. The molecular formula is C21H22BrNO4S. The fourth-order valence-electron chi connectivity index (χ4n) is 3.35. The van der Waals surface area contributed by atoms with E-state index in [1.54, 1.807) is 44.2 Å². The molecule has 0 amide bonds. The van der Waals surface area contributed by atoms with Crippen molar-refractivity contribution in [3.63, 3.8) is 0 Å². The highest BCUT2D eigenvalue weighted by atomic mass is 79.9. The number of halogens is 1. The molecule has 0 spiro atoms. The number of sulfonamides is 1. The number of hydrogen-bond donors (Lipinski definition) is 0. The summed E-state index contributed by atoms with van der Waals surface area (Å²) in [7, 11) is -3.83. The first kappa shape index (κ1) is 20.8. The van der Waals surface area contributed by atoms with E-state index in [9.17, 15) is 13.2 Å². The van der Waals surface area contributed by atoms with E-state index < -0.39 is 28.1 Å². The van der Waals surface area contributed by atoms with Gasteiger partial charge in [0, 0.05) is 10.5 Å². The van der Waals surface area contributed by atoms with Crippen molar-refractivity contribution in [2.75, 3.05) is 6.61 Å². The number of rotatable bonds is 5. The number of carbonyl (C=O) groups is 1. The van der Waals surface area contributed by atoms with Crippen molar-refractivity contribution in [3.8, 4) is 0 Å². The molecule has 148 valence electrons. The van der Waals surface area contributed by atoms with Crippen LogP contribution in [0.5, 0.6) is 0 Å². The maximum Gasteiger partial charge on any atom is 0.335 e. The Kier molecular flexibility index (Phi) is 6.07. The van der Waals surface area contributed by atoms with Crippen LogP contribution in [0.1, 0.15) is 31.0 Å². The molecule has 2 atom stereocenters. The minimum absolute atomic E-state index is 0.200. The maximum absolute atomic E-state index is 13.5. The van der Waals surface area contributed by atoms with Gasteiger partial charge in [0.2, 0.25) is 10.0 Å². The molecule has 0 fully saturated rings. The Morgan fingerprint density at radius 1 is 1.11 bits per heavy atom. The number of benzene rings is 2. The lowest BCUT2D eigenvalue weighted by Crippen LogP contribution is -2.37. The van der Waals surface area contributed by atoms with Gasteiger partial charge in [-0.15, -0.1) is 0 Å². The summed E-state index contributed by atoms with van der Waals surface area (Å²) in [6, 6.07) is 12.8.